The lowest BCUT2D eigenvalue weighted by Crippen LogP contribution is -2.45. The summed E-state index contributed by atoms with van der Waals surface area (Å²) in [5.41, 5.74) is 1.65. The summed E-state index contributed by atoms with van der Waals surface area (Å²) in [5, 5.41) is 0. The maximum atomic E-state index is 13.1. The molecule has 1 aliphatic heterocycles. The zero-order valence-corrected chi connectivity index (χ0v) is 14.9. The average molecular weight is 358 g/mol. The van der Waals surface area contributed by atoms with E-state index >= 15 is 0 Å². The molecule has 1 fully saturated rings. The lowest BCUT2D eigenvalue weighted by Gasteiger charge is -2.27. The predicted octanol–water partition coefficient (Wildman–Crippen LogP) is 3.20. The van der Waals surface area contributed by atoms with Crippen LogP contribution in [0.2, 0.25) is 0 Å². The maximum absolute atomic E-state index is 13.1. The third-order valence-electron chi connectivity index (χ3n) is 5.05. The Morgan fingerprint density at radius 3 is 2.58 bits per heavy atom. The van der Waals surface area contributed by atoms with Gasteiger partial charge in [-0.2, -0.15) is 0 Å². The minimum absolute atomic E-state index is 0.0329. The molecule has 2 aliphatic rings. The largest absolute Gasteiger partial charge is 0.330 e. The van der Waals surface area contributed by atoms with E-state index in [0.29, 0.717) is 12.2 Å². The van der Waals surface area contributed by atoms with Crippen LogP contribution in [0.5, 0.6) is 0 Å². The molecule has 5 nitrogen and oxygen atoms in total. The summed E-state index contributed by atoms with van der Waals surface area (Å²) >= 11 is 0. The topological polar surface area (TPSA) is 57.7 Å². The van der Waals surface area contributed by atoms with Crippen LogP contribution in [0.1, 0.15) is 45.4 Å². The van der Waals surface area contributed by atoms with Crippen LogP contribution in [0.25, 0.3) is 0 Å². The number of carbonyl (C=O) groups excluding carboxylic acids is 3. The molecule has 0 N–H and O–H groups in total. The van der Waals surface area contributed by atoms with Crippen molar-refractivity contribution in [1.82, 2.24) is 4.90 Å². The number of rotatable bonds is 5. The monoisotopic (exact) mass is 358 g/mol. The van der Waals surface area contributed by atoms with Gasteiger partial charge in [-0.25, -0.2) is 9.29 Å². The van der Waals surface area contributed by atoms with Crippen LogP contribution >= 0.6 is 0 Å². The molecule has 138 valence electrons. The number of carbonyl (C=O) groups is 3. The highest BCUT2D eigenvalue weighted by Gasteiger charge is 2.43. The Kier molecular flexibility index (Phi) is 5.49. The van der Waals surface area contributed by atoms with E-state index in [2.05, 4.69) is 6.08 Å². The zero-order valence-electron chi connectivity index (χ0n) is 14.9. The van der Waals surface area contributed by atoms with Crippen molar-refractivity contribution in [2.45, 2.75) is 51.5 Å². The van der Waals surface area contributed by atoms with E-state index in [1.54, 1.807) is 0 Å². The second kappa shape index (κ2) is 7.81. The van der Waals surface area contributed by atoms with E-state index < -0.39 is 17.8 Å². The number of hydrogen-bond donors (Lipinski definition) is 0. The van der Waals surface area contributed by atoms with Crippen LogP contribution in [0.15, 0.2) is 35.9 Å². The Labute approximate surface area is 152 Å². The number of imide groups is 1. The van der Waals surface area contributed by atoms with Crippen LogP contribution < -0.4 is 4.90 Å². The molecule has 0 saturated carbocycles. The number of allylic oxidation sites excluding steroid dienone is 1. The molecule has 3 amide bonds. The van der Waals surface area contributed by atoms with Gasteiger partial charge in [-0.05, 0) is 56.4 Å². The number of halogens is 1. The van der Waals surface area contributed by atoms with Gasteiger partial charge in [0, 0.05) is 13.5 Å². The van der Waals surface area contributed by atoms with Crippen molar-refractivity contribution in [1.29, 1.82) is 0 Å². The van der Waals surface area contributed by atoms with Gasteiger partial charge >= 0.3 is 0 Å². The highest BCUT2D eigenvalue weighted by molar-refractivity contribution is 6.22. The van der Waals surface area contributed by atoms with E-state index in [4.69, 9.17) is 0 Å². The summed E-state index contributed by atoms with van der Waals surface area (Å²) in [4.78, 5) is 39.8. The van der Waals surface area contributed by atoms with Crippen LogP contribution in [0.4, 0.5) is 10.1 Å². The molecule has 1 aliphatic carbocycles. The molecule has 1 atom stereocenters. The van der Waals surface area contributed by atoms with Gasteiger partial charge < -0.3 is 4.90 Å². The summed E-state index contributed by atoms with van der Waals surface area (Å²) in [6.07, 6.45) is 7.37. The number of hydrogen-bond acceptors (Lipinski definition) is 3. The molecule has 0 bridgehead atoms. The number of nitrogens with zero attached hydrogens (tertiary/aromatic N) is 2. The first-order valence-electron chi connectivity index (χ1n) is 9.05. The molecule has 0 radical (unpaired) electrons. The molecule has 1 heterocycles. The predicted molar refractivity (Wildman–Crippen MR) is 95.9 cm³/mol. The summed E-state index contributed by atoms with van der Waals surface area (Å²) in [7, 11) is 0. The van der Waals surface area contributed by atoms with Gasteiger partial charge in [0.1, 0.15) is 11.9 Å². The molecule has 1 unspecified atom stereocenters. The van der Waals surface area contributed by atoms with E-state index in [1.165, 1.54) is 48.1 Å². The molecule has 1 aromatic carbocycles. The lowest BCUT2D eigenvalue weighted by atomic mass is 9.97. The Morgan fingerprint density at radius 1 is 1.23 bits per heavy atom. The second-order valence-corrected chi connectivity index (χ2v) is 6.83. The molecule has 0 spiro atoms. The molecular weight excluding hydrogens is 335 g/mol. The molecule has 1 aromatic rings. The maximum Gasteiger partial charge on any atom is 0.257 e. The highest BCUT2D eigenvalue weighted by Crippen LogP contribution is 2.27. The first-order chi connectivity index (χ1) is 12.5. The number of benzene rings is 1. The van der Waals surface area contributed by atoms with Crippen molar-refractivity contribution in [2.24, 2.45) is 0 Å². The minimum atomic E-state index is -0.783. The minimum Gasteiger partial charge on any atom is -0.330 e. The number of amides is 3. The van der Waals surface area contributed by atoms with Crippen LogP contribution in [-0.2, 0) is 14.4 Å². The van der Waals surface area contributed by atoms with Crippen LogP contribution in [-0.4, -0.2) is 35.2 Å². The average Bonchev–Trinajstić information content (AvgIpc) is 2.91. The molecule has 3 rings (SSSR count). The second-order valence-electron chi connectivity index (χ2n) is 6.83. The van der Waals surface area contributed by atoms with Gasteiger partial charge in [0.05, 0.1) is 12.1 Å². The SMILES string of the molecule is CC(=O)N(CCC1=CCCCC1)C1CC(=O)N(c2ccc(F)cc2)C1=O. The standard InChI is InChI=1S/C20H23FN2O3/c1-14(24)22(12-11-15-5-3-2-4-6-15)18-13-19(25)23(20(18)26)17-9-7-16(21)8-10-17/h5,7-10,18H,2-4,6,11-13H2,1H3. The van der Waals surface area contributed by atoms with Crippen LogP contribution in [0, 0.1) is 5.82 Å². The Hall–Kier alpha value is -2.50. The zero-order chi connectivity index (χ0) is 18.7. The molecular formula is C20H23FN2O3. The molecule has 1 saturated heterocycles. The Bertz CT molecular complexity index is 742. The fourth-order valence-corrected chi connectivity index (χ4v) is 3.65. The van der Waals surface area contributed by atoms with E-state index in [0.717, 1.165) is 30.6 Å². The number of anilines is 1. The van der Waals surface area contributed by atoms with Crippen molar-refractivity contribution < 1.29 is 18.8 Å². The van der Waals surface area contributed by atoms with Crippen LogP contribution in [0.3, 0.4) is 0 Å². The van der Waals surface area contributed by atoms with E-state index in [-0.39, 0.29) is 18.2 Å². The lowest BCUT2D eigenvalue weighted by molar-refractivity contribution is -0.136. The van der Waals surface area contributed by atoms with Crippen molar-refractivity contribution >= 4 is 23.4 Å². The Morgan fingerprint density at radius 2 is 1.96 bits per heavy atom. The summed E-state index contributed by atoms with van der Waals surface area (Å²) in [6.45, 7) is 1.86. The van der Waals surface area contributed by atoms with Crippen molar-refractivity contribution in [3.05, 3.63) is 41.7 Å². The third-order valence-corrected chi connectivity index (χ3v) is 5.05. The molecule has 0 aromatic heterocycles. The van der Waals surface area contributed by atoms with Gasteiger partial charge in [0.15, 0.2) is 0 Å². The summed E-state index contributed by atoms with van der Waals surface area (Å²) < 4.78 is 13.1. The molecule has 6 heteroatoms. The van der Waals surface area contributed by atoms with Crippen molar-refractivity contribution in [3.63, 3.8) is 0 Å². The third kappa shape index (κ3) is 3.84. The highest BCUT2D eigenvalue weighted by atomic mass is 19.1. The van der Waals surface area contributed by atoms with Crippen molar-refractivity contribution in [3.8, 4) is 0 Å². The van der Waals surface area contributed by atoms with E-state index in [9.17, 15) is 18.8 Å². The van der Waals surface area contributed by atoms with Gasteiger partial charge in [-0.1, -0.05) is 11.6 Å². The first-order valence-corrected chi connectivity index (χ1v) is 9.05. The van der Waals surface area contributed by atoms with Gasteiger partial charge in [-0.15, -0.1) is 0 Å². The fourth-order valence-electron chi connectivity index (χ4n) is 3.65. The van der Waals surface area contributed by atoms with Gasteiger partial charge in [-0.3, -0.25) is 14.4 Å². The van der Waals surface area contributed by atoms with Gasteiger partial charge in [0.25, 0.3) is 5.91 Å². The summed E-state index contributed by atoms with van der Waals surface area (Å²) in [5.74, 6) is -1.44. The molecule has 26 heavy (non-hydrogen) atoms. The van der Waals surface area contributed by atoms with Crippen molar-refractivity contribution in [2.75, 3.05) is 11.4 Å². The Balaban J connectivity index is 1.74. The summed E-state index contributed by atoms with van der Waals surface area (Å²) in [6, 6.07) is 4.44. The van der Waals surface area contributed by atoms with E-state index in [1.807, 2.05) is 0 Å². The fraction of sp³-hybridized carbons (Fsp3) is 0.450. The first kappa shape index (κ1) is 18.3. The quantitative estimate of drug-likeness (QED) is 0.600. The van der Waals surface area contributed by atoms with Gasteiger partial charge in [0.2, 0.25) is 11.8 Å². The smallest absolute Gasteiger partial charge is 0.257 e. The normalized spacial score (nSPS) is 20.3.